The van der Waals surface area contributed by atoms with Crippen LogP contribution in [-0.2, 0) is 0 Å². The second-order valence-corrected chi connectivity index (χ2v) is 5.51. The van der Waals surface area contributed by atoms with E-state index in [-0.39, 0.29) is 17.5 Å². The Balaban J connectivity index is 2.05. The minimum absolute atomic E-state index is 0.0931. The van der Waals surface area contributed by atoms with Gasteiger partial charge in [0.1, 0.15) is 5.82 Å². The lowest BCUT2D eigenvalue weighted by Gasteiger charge is -2.28. The van der Waals surface area contributed by atoms with Crippen molar-refractivity contribution in [1.29, 1.82) is 0 Å². The summed E-state index contributed by atoms with van der Waals surface area (Å²) in [5, 5.41) is 6.21. The van der Waals surface area contributed by atoms with Crippen LogP contribution in [0.2, 0.25) is 0 Å². The van der Waals surface area contributed by atoms with Crippen LogP contribution in [0.15, 0.2) is 22.7 Å². The third kappa shape index (κ3) is 3.09. The summed E-state index contributed by atoms with van der Waals surface area (Å²) in [4.78, 5) is 12.0. The van der Waals surface area contributed by atoms with Crippen molar-refractivity contribution >= 4 is 21.8 Å². The average molecular weight is 315 g/mol. The molecule has 1 amide bonds. The second-order valence-electron chi connectivity index (χ2n) is 4.65. The molecular formula is C13H16BrFN2O. The van der Waals surface area contributed by atoms with Crippen molar-refractivity contribution in [3.05, 3.63) is 34.1 Å². The Morgan fingerprint density at radius 3 is 3.06 bits per heavy atom. The van der Waals surface area contributed by atoms with E-state index in [0.717, 1.165) is 19.4 Å². The lowest BCUT2D eigenvalue weighted by Crippen LogP contribution is -2.46. The number of rotatable bonds is 2. The highest BCUT2D eigenvalue weighted by molar-refractivity contribution is 9.10. The molecule has 1 aliphatic heterocycles. The summed E-state index contributed by atoms with van der Waals surface area (Å²) < 4.78 is 14.1. The lowest BCUT2D eigenvalue weighted by atomic mass is 10.0. The van der Waals surface area contributed by atoms with Gasteiger partial charge in [-0.2, -0.15) is 0 Å². The molecule has 1 aliphatic rings. The summed E-state index contributed by atoms with van der Waals surface area (Å²) in [5.41, 5.74) is 0.0931. The van der Waals surface area contributed by atoms with Crippen LogP contribution >= 0.6 is 15.9 Å². The molecule has 0 spiro atoms. The molecule has 1 saturated heterocycles. The number of piperidine rings is 1. The van der Waals surface area contributed by atoms with E-state index < -0.39 is 5.82 Å². The first kappa shape index (κ1) is 13.5. The third-order valence-corrected chi connectivity index (χ3v) is 3.77. The molecule has 0 bridgehead atoms. The van der Waals surface area contributed by atoms with Crippen molar-refractivity contribution in [2.24, 2.45) is 0 Å². The molecule has 1 aromatic carbocycles. The van der Waals surface area contributed by atoms with Gasteiger partial charge in [-0.1, -0.05) is 6.07 Å². The Morgan fingerprint density at radius 2 is 2.33 bits per heavy atom. The van der Waals surface area contributed by atoms with E-state index in [1.165, 1.54) is 6.07 Å². The van der Waals surface area contributed by atoms with Gasteiger partial charge in [-0.15, -0.1) is 0 Å². The summed E-state index contributed by atoms with van der Waals surface area (Å²) in [6.45, 7) is 2.96. The van der Waals surface area contributed by atoms with Crippen LogP contribution in [0.3, 0.4) is 0 Å². The Labute approximate surface area is 114 Å². The summed E-state index contributed by atoms with van der Waals surface area (Å²) in [6.07, 6.45) is 1.76. The minimum atomic E-state index is -0.503. The number of halogens is 2. The van der Waals surface area contributed by atoms with Gasteiger partial charge >= 0.3 is 0 Å². The van der Waals surface area contributed by atoms with Crippen molar-refractivity contribution in [3.8, 4) is 0 Å². The molecule has 0 radical (unpaired) electrons. The number of benzene rings is 1. The van der Waals surface area contributed by atoms with E-state index in [1.807, 2.05) is 0 Å². The van der Waals surface area contributed by atoms with Gasteiger partial charge in [0.25, 0.3) is 5.91 Å². The number of nitrogens with one attached hydrogen (secondary N) is 2. The average Bonchev–Trinajstić information content (AvgIpc) is 2.32. The van der Waals surface area contributed by atoms with Crippen LogP contribution in [0, 0.1) is 5.82 Å². The number of carbonyl (C=O) groups is 1. The lowest BCUT2D eigenvalue weighted by molar-refractivity contribution is 0.0921. The SMILES string of the molecule is CC1CC(NC(=O)c2cccc(Br)c2F)CCN1. The van der Waals surface area contributed by atoms with E-state index in [9.17, 15) is 9.18 Å². The van der Waals surface area contributed by atoms with Gasteiger partial charge in [-0.3, -0.25) is 4.79 Å². The normalized spacial score (nSPS) is 23.7. The largest absolute Gasteiger partial charge is 0.349 e. The van der Waals surface area contributed by atoms with Gasteiger partial charge in [0.15, 0.2) is 0 Å². The summed E-state index contributed by atoms with van der Waals surface area (Å²) in [5.74, 6) is -0.843. The second kappa shape index (κ2) is 5.80. The van der Waals surface area contributed by atoms with Gasteiger partial charge in [-0.05, 0) is 54.4 Å². The van der Waals surface area contributed by atoms with E-state index in [4.69, 9.17) is 0 Å². The first-order chi connectivity index (χ1) is 8.58. The van der Waals surface area contributed by atoms with Crippen LogP contribution < -0.4 is 10.6 Å². The van der Waals surface area contributed by atoms with Crippen molar-refractivity contribution in [2.45, 2.75) is 31.8 Å². The molecule has 5 heteroatoms. The summed E-state index contributed by atoms with van der Waals surface area (Å²) in [6, 6.07) is 5.25. The number of carbonyl (C=O) groups excluding carboxylic acids is 1. The molecule has 1 fully saturated rings. The molecule has 0 saturated carbocycles. The molecule has 98 valence electrons. The van der Waals surface area contributed by atoms with Crippen LogP contribution in [0.5, 0.6) is 0 Å². The summed E-state index contributed by atoms with van der Waals surface area (Å²) in [7, 11) is 0. The van der Waals surface area contributed by atoms with Crippen LogP contribution in [-0.4, -0.2) is 24.5 Å². The van der Waals surface area contributed by atoms with Gasteiger partial charge in [-0.25, -0.2) is 4.39 Å². The quantitative estimate of drug-likeness (QED) is 0.880. The van der Waals surface area contributed by atoms with E-state index in [0.29, 0.717) is 10.5 Å². The van der Waals surface area contributed by atoms with Crippen molar-refractivity contribution in [1.82, 2.24) is 10.6 Å². The number of amides is 1. The van der Waals surface area contributed by atoms with Crippen molar-refractivity contribution < 1.29 is 9.18 Å². The summed E-state index contributed by atoms with van der Waals surface area (Å²) >= 11 is 3.08. The topological polar surface area (TPSA) is 41.1 Å². The fourth-order valence-electron chi connectivity index (χ4n) is 2.21. The Kier molecular flexibility index (Phi) is 4.35. The fourth-order valence-corrected chi connectivity index (χ4v) is 2.57. The molecule has 3 nitrogen and oxygen atoms in total. The Bertz CT molecular complexity index is 453. The molecule has 1 heterocycles. The molecule has 2 N–H and O–H groups in total. The van der Waals surface area contributed by atoms with Crippen LogP contribution in [0.1, 0.15) is 30.1 Å². The maximum Gasteiger partial charge on any atom is 0.254 e. The van der Waals surface area contributed by atoms with Gasteiger partial charge in [0.2, 0.25) is 0 Å². The molecule has 2 rings (SSSR count). The number of hydrogen-bond donors (Lipinski definition) is 2. The Hall–Kier alpha value is -0.940. The fraction of sp³-hybridized carbons (Fsp3) is 0.462. The molecule has 2 atom stereocenters. The van der Waals surface area contributed by atoms with E-state index in [2.05, 4.69) is 33.5 Å². The van der Waals surface area contributed by atoms with Crippen molar-refractivity contribution in [3.63, 3.8) is 0 Å². The van der Waals surface area contributed by atoms with Gasteiger partial charge in [0, 0.05) is 12.1 Å². The molecule has 0 aromatic heterocycles. The molecular weight excluding hydrogens is 299 g/mol. The highest BCUT2D eigenvalue weighted by atomic mass is 79.9. The van der Waals surface area contributed by atoms with E-state index >= 15 is 0 Å². The smallest absolute Gasteiger partial charge is 0.254 e. The minimum Gasteiger partial charge on any atom is -0.349 e. The zero-order chi connectivity index (χ0) is 13.1. The predicted molar refractivity (Wildman–Crippen MR) is 72.1 cm³/mol. The molecule has 1 aromatic rings. The first-order valence-electron chi connectivity index (χ1n) is 6.06. The van der Waals surface area contributed by atoms with Crippen LogP contribution in [0.25, 0.3) is 0 Å². The molecule has 0 aliphatic carbocycles. The maximum absolute atomic E-state index is 13.8. The highest BCUT2D eigenvalue weighted by Gasteiger charge is 2.22. The monoisotopic (exact) mass is 314 g/mol. The van der Waals surface area contributed by atoms with Gasteiger partial charge < -0.3 is 10.6 Å². The standard InChI is InChI=1S/C13H16BrFN2O/c1-8-7-9(5-6-16-8)17-13(18)10-3-2-4-11(14)12(10)15/h2-4,8-9,16H,5-7H2,1H3,(H,17,18). The van der Waals surface area contributed by atoms with Crippen molar-refractivity contribution in [2.75, 3.05) is 6.54 Å². The maximum atomic E-state index is 13.8. The number of hydrogen-bond acceptors (Lipinski definition) is 2. The highest BCUT2D eigenvalue weighted by Crippen LogP contribution is 2.19. The molecule has 2 unspecified atom stereocenters. The van der Waals surface area contributed by atoms with Crippen LogP contribution in [0.4, 0.5) is 4.39 Å². The predicted octanol–water partition coefficient (Wildman–Crippen LogP) is 2.46. The molecule has 18 heavy (non-hydrogen) atoms. The zero-order valence-electron chi connectivity index (χ0n) is 10.2. The zero-order valence-corrected chi connectivity index (χ0v) is 11.8. The van der Waals surface area contributed by atoms with Gasteiger partial charge in [0.05, 0.1) is 10.0 Å². The van der Waals surface area contributed by atoms with E-state index in [1.54, 1.807) is 12.1 Å². The third-order valence-electron chi connectivity index (χ3n) is 3.16. The Morgan fingerprint density at radius 1 is 1.56 bits per heavy atom. The first-order valence-corrected chi connectivity index (χ1v) is 6.85.